The van der Waals surface area contributed by atoms with Gasteiger partial charge >= 0.3 is 0 Å². The average molecular weight is 277 g/mol. The summed E-state index contributed by atoms with van der Waals surface area (Å²) in [6, 6.07) is 16.3. The highest BCUT2D eigenvalue weighted by Crippen LogP contribution is 2.27. The predicted molar refractivity (Wildman–Crippen MR) is 79.7 cm³/mol. The number of fused-ring (bicyclic) bond motifs is 1. The Morgan fingerprint density at radius 2 is 1.95 bits per heavy atom. The van der Waals surface area contributed by atoms with Gasteiger partial charge in [-0.2, -0.15) is 5.26 Å². The maximum absolute atomic E-state index is 13.6. The van der Waals surface area contributed by atoms with Crippen LogP contribution < -0.4 is 5.73 Å². The van der Waals surface area contributed by atoms with E-state index in [1.54, 1.807) is 12.1 Å². The van der Waals surface area contributed by atoms with E-state index in [2.05, 4.69) is 11.1 Å². The Bertz CT molecular complexity index is 866. The number of nitriles is 1. The predicted octanol–water partition coefficient (Wildman–Crippen LogP) is 3.37. The van der Waals surface area contributed by atoms with Crippen molar-refractivity contribution in [1.29, 1.82) is 5.26 Å². The molecule has 3 rings (SSSR count). The monoisotopic (exact) mass is 277 g/mol. The van der Waals surface area contributed by atoms with Crippen LogP contribution in [0, 0.1) is 17.1 Å². The second kappa shape index (κ2) is 5.31. The van der Waals surface area contributed by atoms with Crippen LogP contribution in [0.4, 0.5) is 4.39 Å². The quantitative estimate of drug-likeness (QED) is 0.781. The van der Waals surface area contributed by atoms with Gasteiger partial charge in [-0.25, -0.2) is 9.37 Å². The molecule has 3 aromatic rings. The molecule has 0 amide bonds. The Labute approximate surface area is 121 Å². The lowest BCUT2D eigenvalue weighted by molar-refractivity contribution is 0.611. The number of pyridine rings is 1. The summed E-state index contributed by atoms with van der Waals surface area (Å²) in [5.74, 6) is -0.339. The van der Waals surface area contributed by atoms with Crippen molar-refractivity contribution in [2.45, 2.75) is 6.54 Å². The summed E-state index contributed by atoms with van der Waals surface area (Å²) < 4.78 is 13.6. The molecule has 0 spiro atoms. The molecule has 2 aromatic carbocycles. The van der Waals surface area contributed by atoms with E-state index in [4.69, 9.17) is 5.73 Å². The number of hydrogen-bond acceptors (Lipinski definition) is 3. The minimum atomic E-state index is -0.339. The van der Waals surface area contributed by atoms with Crippen molar-refractivity contribution in [1.82, 2.24) is 4.98 Å². The van der Waals surface area contributed by atoms with Crippen LogP contribution in [0.5, 0.6) is 0 Å². The van der Waals surface area contributed by atoms with E-state index in [0.717, 1.165) is 16.5 Å². The molecule has 4 heteroatoms. The van der Waals surface area contributed by atoms with E-state index in [0.29, 0.717) is 16.8 Å². The van der Waals surface area contributed by atoms with E-state index in [1.807, 2.05) is 30.3 Å². The first-order valence-electron chi connectivity index (χ1n) is 6.51. The van der Waals surface area contributed by atoms with E-state index in [9.17, 15) is 9.65 Å². The van der Waals surface area contributed by atoms with Crippen molar-refractivity contribution in [2.24, 2.45) is 5.73 Å². The van der Waals surface area contributed by atoms with E-state index in [-0.39, 0.29) is 12.4 Å². The van der Waals surface area contributed by atoms with Crippen molar-refractivity contribution in [2.75, 3.05) is 0 Å². The first-order valence-corrected chi connectivity index (χ1v) is 6.51. The normalized spacial score (nSPS) is 10.5. The fourth-order valence-corrected chi connectivity index (χ4v) is 2.32. The van der Waals surface area contributed by atoms with Crippen LogP contribution in [0.2, 0.25) is 0 Å². The molecular formula is C17H12FN3. The second-order valence-electron chi connectivity index (χ2n) is 4.70. The van der Waals surface area contributed by atoms with Gasteiger partial charge < -0.3 is 5.73 Å². The molecule has 0 saturated heterocycles. The summed E-state index contributed by atoms with van der Waals surface area (Å²) in [7, 11) is 0. The van der Waals surface area contributed by atoms with Crippen LogP contribution in [0.15, 0.2) is 48.5 Å². The number of rotatable bonds is 2. The van der Waals surface area contributed by atoms with Gasteiger partial charge in [-0.3, -0.25) is 0 Å². The zero-order valence-corrected chi connectivity index (χ0v) is 11.2. The number of para-hydroxylation sites is 1. The molecule has 2 N–H and O–H groups in total. The standard InChI is InChI=1S/C17H12FN3/c18-15-6-5-11(7-13(15)9-19)14-8-12-3-1-2-4-16(12)21-17(14)10-20/h1-8H,9,19H2. The van der Waals surface area contributed by atoms with Crippen LogP contribution in [-0.2, 0) is 6.54 Å². The van der Waals surface area contributed by atoms with Crippen molar-refractivity contribution in [3.63, 3.8) is 0 Å². The Balaban J connectivity index is 2.26. The number of hydrogen-bond donors (Lipinski definition) is 1. The van der Waals surface area contributed by atoms with Crippen LogP contribution >= 0.6 is 0 Å². The zero-order chi connectivity index (χ0) is 14.8. The first kappa shape index (κ1) is 13.2. The van der Waals surface area contributed by atoms with E-state index < -0.39 is 0 Å². The highest BCUT2D eigenvalue weighted by Gasteiger charge is 2.10. The SMILES string of the molecule is N#Cc1nc2ccccc2cc1-c1ccc(F)c(CN)c1. The van der Waals surface area contributed by atoms with Crippen LogP contribution in [0.1, 0.15) is 11.3 Å². The first-order chi connectivity index (χ1) is 10.2. The topological polar surface area (TPSA) is 62.7 Å². The van der Waals surface area contributed by atoms with Gasteiger partial charge in [-0.15, -0.1) is 0 Å². The molecule has 0 aliphatic heterocycles. The minimum absolute atomic E-state index is 0.114. The second-order valence-corrected chi connectivity index (χ2v) is 4.70. The maximum atomic E-state index is 13.6. The molecular weight excluding hydrogens is 265 g/mol. The Morgan fingerprint density at radius 3 is 2.71 bits per heavy atom. The Hall–Kier alpha value is -2.77. The number of nitrogens with two attached hydrogens (primary N) is 1. The van der Waals surface area contributed by atoms with Gasteiger partial charge in [0.05, 0.1) is 5.52 Å². The van der Waals surface area contributed by atoms with Crippen molar-refractivity contribution in [3.8, 4) is 17.2 Å². The highest BCUT2D eigenvalue weighted by molar-refractivity contribution is 5.86. The molecule has 0 bridgehead atoms. The lowest BCUT2D eigenvalue weighted by atomic mass is 9.99. The lowest BCUT2D eigenvalue weighted by Crippen LogP contribution is -2.00. The van der Waals surface area contributed by atoms with Gasteiger partial charge in [0, 0.05) is 23.1 Å². The van der Waals surface area contributed by atoms with Crippen LogP contribution in [0.3, 0.4) is 0 Å². The van der Waals surface area contributed by atoms with Gasteiger partial charge in [0.25, 0.3) is 0 Å². The molecule has 1 aromatic heterocycles. The summed E-state index contributed by atoms with van der Waals surface area (Å²) in [4.78, 5) is 4.36. The molecule has 0 saturated carbocycles. The van der Waals surface area contributed by atoms with Crippen molar-refractivity contribution < 1.29 is 4.39 Å². The summed E-state index contributed by atoms with van der Waals surface area (Å²) in [6.45, 7) is 0.114. The maximum Gasteiger partial charge on any atom is 0.149 e. The van der Waals surface area contributed by atoms with Gasteiger partial charge in [0.15, 0.2) is 0 Å². The Kier molecular flexibility index (Phi) is 3.35. The third-order valence-corrected chi connectivity index (χ3v) is 3.41. The number of nitrogens with zero attached hydrogens (tertiary/aromatic N) is 2. The fourth-order valence-electron chi connectivity index (χ4n) is 2.32. The summed E-state index contributed by atoms with van der Waals surface area (Å²) in [5.41, 5.74) is 8.47. The minimum Gasteiger partial charge on any atom is -0.326 e. The zero-order valence-electron chi connectivity index (χ0n) is 11.2. The van der Waals surface area contributed by atoms with E-state index >= 15 is 0 Å². The van der Waals surface area contributed by atoms with Crippen molar-refractivity contribution >= 4 is 10.9 Å². The van der Waals surface area contributed by atoms with Gasteiger partial charge in [0.2, 0.25) is 0 Å². The molecule has 102 valence electrons. The van der Waals surface area contributed by atoms with Gasteiger partial charge in [-0.1, -0.05) is 24.3 Å². The number of halogens is 1. The Morgan fingerprint density at radius 1 is 1.14 bits per heavy atom. The average Bonchev–Trinajstić information content (AvgIpc) is 2.54. The molecule has 0 fully saturated rings. The third-order valence-electron chi connectivity index (χ3n) is 3.41. The van der Waals surface area contributed by atoms with Crippen LogP contribution in [0.25, 0.3) is 22.0 Å². The molecule has 0 unspecified atom stereocenters. The summed E-state index contributed by atoms with van der Waals surface area (Å²) in [5, 5.41) is 10.2. The third kappa shape index (κ3) is 2.35. The van der Waals surface area contributed by atoms with Crippen molar-refractivity contribution in [3.05, 3.63) is 65.6 Å². The molecule has 0 atom stereocenters. The van der Waals surface area contributed by atoms with Gasteiger partial charge in [-0.05, 0) is 29.8 Å². The highest BCUT2D eigenvalue weighted by atomic mass is 19.1. The number of benzene rings is 2. The molecule has 0 aliphatic rings. The molecule has 0 aliphatic carbocycles. The molecule has 0 radical (unpaired) electrons. The number of aromatic nitrogens is 1. The van der Waals surface area contributed by atoms with Crippen LogP contribution in [-0.4, -0.2) is 4.98 Å². The summed E-state index contributed by atoms with van der Waals surface area (Å²) >= 11 is 0. The molecule has 21 heavy (non-hydrogen) atoms. The van der Waals surface area contributed by atoms with E-state index in [1.165, 1.54) is 6.07 Å². The largest absolute Gasteiger partial charge is 0.326 e. The molecule has 3 nitrogen and oxygen atoms in total. The fraction of sp³-hybridized carbons (Fsp3) is 0.0588. The molecule has 1 heterocycles. The van der Waals surface area contributed by atoms with Gasteiger partial charge in [0.1, 0.15) is 17.6 Å². The smallest absolute Gasteiger partial charge is 0.149 e. The lowest BCUT2D eigenvalue weighted by Gasteiger charge is -2.08. The summed E-state index contributed by atoms with van der Waals surface area (Å²) in [6.07, 6.45) is 0.